The largest absolute Gasteiger partial charge is 0.324 e. The lowest BCUT2D eigenvalue weighted by Gasteiger charge is -2.08. The van der Waals surface area contributed by atoms with E-state index in [4.69, 9.17) is 23.2 Å². The van der Waals surface area contributed by atoms with Crippen LogP contribution in [-0.2, 0) is 6.54 Å². The van der Waals surface area contributed by atoms with Gasteiger partial charge in [0.2, 0.25) is 0 Å². The second kappa shape index (κ2) is 6.44. The molecule has 0 radical (unpaired) electrons. The van der Waals surface area contributed by atoms with Gasteiger partial charge in [-0.3, -0.25) is 9.78 Å². The first-order chi connectivity index (χ1) is 11.1. The summed E-state index contributed by atoms with van der Waals surface area (Å²) in [4.78, 5) is 23.2. The minimum Gasteiger partial charge on any atom is -0.324 e. The zero-order chi connectivity index (χ0) is 16.4. The summed E-state index contributed by atoms with van der Waals surface area (Å²) in [5, 5.41) is 0.553. The molecule has 5 nitrogen and oxygen atoms in total. The molecule has 0 saturated carbocycles. The summed E-state index contributed by atoms with van der Waals surface area (Å²) in [6, 6.07) is 4.55. The number of carbonyl (C=O) groups excluding carboxylic acids is 1. The van der Waals surface area contributed by atoms with Crippen molar-refractivity contribution in [2.24, 2.45) is 0 Å². The number of pyridine rings is 2. The van der Waals surface area contributed by atoms with Gasteiger partial charge in [0.05, 0.1) is 23.5 Å². The van der Waals surface area contributed by atoms with Crippen molar-refractivity contribution in [2.45, 2.75) is 6.54 Å². The number of halogens is 3. The number of hydrogen-bond donors (Lipinski definition) is 0. The predicted octanol–water partition coefficient (Wildman–Crippen LogP) is 3.65. The van der Waals surface area contributed by atoms with Gasteiger partial charge in [-0.1, -0.05) is 23.2 Å². The molecule has 0 unspecified atom stereocenters. The molecular formula is C15H9Cl2FN4O. The van der Waals surface area contributed by atoms with E-state index in [0.29, 0.717) is 28.5 Å². The van der Waals surface area contributed by atoms with Crippen LogP contribution in [0.3, 0.4) is 0 Å². The van der Waals surface area contributed by atoms with Gasteiger partial charge in [-0.05, 0) is 18.2 Å². The lowest BCUT2D eigenvalue weighted by Crippen LogP contribution is -2.04. The third-order valence-electron chi connectivity index (χ3n) is 3.11. The van der Waals surface area contributed by atoms with Crippen LogP contribution in [0.5, 0.6) is 0 Å². The van der Waals surface area contributed by atoms with Crippen molar-refractivity contribution in [1.29, 1.82) is 0 Å². The van der Waals surface area contributed by atoms with Crippen LogP contribution in [0, 0.1) is 5.82 Å². The highest BCUT2D eigenvalue weighted by atomic mass is 35.5. The van der Waals surface area contributed by atoms with Gasteiger partial charge in [0.25, 0.3) is 0 Å². The Labute approximate surface area is 140 Å². The summed E-state index contributed by atoms with van der Waals surface area (Å²) in [5.74, 6) is -0.00135. The minimum absolute atomic E-state index is 0.200. The van der Waals surface area contributed by atoms with Crippen LogP contribution >= 0.6 is 23.2 Å². The molecule has 0 saturated heterocycles. The molecule has 0 spiro atoms. The predicted molar refractivity (Wildman–Crippen MR) is 84.2 cm³/mol. The van der Waals surface area contributed by atoms with Crippen molar-refractivity contribution in [1.82, 2.24) is 19.5 Å². The van der Waals surface area contributed by atoms with Crippen LogP contribution in [0.25, 0.3) is 11.4 Å². The fourth-order valence-corrected chi connectivity index (χ4v) is 2.40. The summed E-state index contributed by atoms with van der Waals surface area (Å²) >= 11 is 11.8. The maximum atomic E-state index is 13.1. The topological polar surface area (TPSA) is 60.7 Å². The van der Waals surface area contributed by atoms with Crippen LogP contribution in [0.4, 0.5) is 4.39 Å². The highest BCUT2D eigenvalue weighted by Crippen LogP contribution is 2.22. The second-order valence-electron chi connectivity index (χ2n) is 4.69. The minimum atomic E-state index is -0.514. The lowest BCUT2D eigenvalue weighted by molar-refractivity contribution is 0.111. The van der Waals surface area contributed by atoms with Crippen LogP contribution in [0.1, 0.15) is 16.2 Å². The molecule has 3 aromatic heterocycles. The Bertz CT molecular complexity index is 864. The average Bonchev–Trinajstić information content (AvgIpc) is 2.94. The Morgan fingerprint density at radius 2 is 2.04 bits per heavy atom. The highest BCUT2D eigenvalue weighted by molar-refractivity contribution is 6.31. The number of hydrogen-bond acceptors (Lipinski definition) is 4. The number of aromatic nitrogens is 4. The molecule has 3 heterocycles. The number of carbonyl (C=O) groups is 1. The van der Waals surface area contributed by atoms with Crippen molar-refractivity contribution >= 4 is 29.5 Å². The molecule has 3 rings (SSSR count). The number of aldehydes is 1. The molecule has 3 aromatic rings. The van der Waals surface area contributed by atoms with E-state index in [1.807, 2.05) is 0 Å². The molecule has 0 aliphatic rings. The average molecular weight is 351 g/mol. The van der Waals surface area contributed by atoms with E-state index in [-0.39, 0.29) is 17.3 Å². The summed E-state index contributed by atoms with van der Waals surface area (Å²) in [7, 11) is 0. The maximum absolute atomic E-state index is 13.1. The first-order valence-corrected chi connectivity index (χ1v) is 7.26. The van der Waals surface area contributed by atoms with E-state index in [2.05, 4.69) is 15.0 Å². The van der Waals surface area contributed by atoms with Gasteiger partial charge in [0.15, 0.2) is 6.29 Å². The van der Waals surface area contributed by atoms with Crippen molar-refractivity contribution in [2.75, 3.05) is 0 Å². The molecule has 0 bridgehead atoms. The van der Waals surface area contributed by atoms with Gasteiger partial charge < -0.3 is 4.57 Å². The Balaban J connectivity index is 2.02. The number of imidazole rings is 1. The Hall–Kier alpha value is -2.31. The van der Waals surface area contributed by atoms with E-state index in [0.717, 1.165) is 6.20 Å². The van der Waals surface area contributed by atoms with E-state index in [1.54, 1.807) is 29.1 Å². The number of rotatable bonds is 4. The van der Waals surface area contributed by atoms with Crippen LogP contribution in [0.2, 0.25) is 10.2 Å². The fraction of sp³-hybridized carbons (Fsp3) is 0.0667. The first-order valence-electron chi connectivity index (χ1n) is 6.51. The lowest BCUT2D eigenvalue weighted by atomic mass is 10.2. The third-order valence-corrected chi connectivity index (χ3v) is 3.66. The maximum Gasteiger partial charge on any atom is 0.170 e. The van der Waals surface area contributed by atoms with Gasteiger partial charge in [0, 0.05) is 18.0 Å². The first kappa shape index (κ1) is 15.6. The smallest absolute Gasteiger partial charge is 0.170 e. The molecular weight excluding hydrogens is 342 g/mol. The van der Waals surface area contributed by atoms with Gasteiger partial charge in [0.1, 0.15) is 22.5 Å². The summed E-state index contributed by atoms with van der Waals surface area (Å²) < 4.78 is 14.8. The zero-order valence-corrected chi connectivity index (χ0v) is 13.1. The molecule has 0 aromatic carbocycles. The standard InChI is InChI=1S/C15H9Cl2FN4O/c16-12-3-10(18)5-19-13(12)7-22-6-11(8-23)21-15(22)9-1-2-14(17)20-4-9/h1-6,8H,7H2. The summed E-state index contributed by atoms with van der Waals surface area (Å²) in [6.45, 7) is 0.234. The van der Waals surface area contributed by atoms with Crippen molar-refractivity contribution in [3.8, 4) is 11.4 Å². The molecule has 116 valence electrons. The van der Waals surface area contributed by atoms with Crippen molar-refractivity contribution in [3.05, 3.63) is 64.2 Å². The van der Waals surface area contributed by atoms with Crippen molar-refractivity contribution < 1.29 is 9.18 Å². The van der Waals surface area contributed by atoms with Gasteiger partial charge in [-0.25, -0.2) is 14.4 Å². The van der Waals surface area contributed by atoms with Crippen LogP contribution < -0.4 is 0 Å². The Morgan fingerprint density at radius 1 is 1.22 bits per heavy atom. The van der Waals surface area contributed by atoms with Crippen LogP contribution in [-0.4, -0.2) is 25.8 Å². The molecule has 0 aliphatic carbocycles. The van der Waals surface area contributed by atoms with E-state index in [9.17, 15) is 9.18 Å². The Morgan fingerprint density at radius 3 is 2.70 bits per heavy atom. The summed E-state index contributed by atoms with van der Waals surface area (Å²) in [6.07, 6.45) is 4.85. The van der Waals surface area contributed by atoms with E-state index in [1.165, 1.54) is 6.07 Å². The molecule has 0 N–H and O–H groups in total. The molecule has 23 heavy (non-hydrogen) atoms. The van der Waals surface area contributed by atoms with E-state index >= 15 is 0 Å². The van der Waals surface area contributed by atoms with Crippen LogP contribution in [0.15, 0.2) is 36.8 Å². The molecule has 0 amide bonds. The van der Waals surface area contributed by atoms with Gasteiger partial charge >= 0.3 is 0 Å². The quantitative estimate of drug-likeness (QED) is 0.532. The van der Waals surface area contributed by atoms with Crippen molar-refractivity contribution in [3.63, 3.8) is 0 Å². The van der Waals surface area contributed by atoms with E-state index < -0.39 is 5.82 Å². The van der Waals surface area contributed by atoms with Gasteiger partial charge in [-0.2, -0.15) is 0 Å². The molecule has 0 atom stereocenters. The molecule has 8 heteroatoms. The zero-order valence-electron chi connectivity index (χ0n) is 11.6. The SMILES string of the molecule is O=Cc1cn(Cc2ncc(F)cc2Cl)c(-c2ccc(Cl)nc2)n1. The number of nitrogens with zero attached hydrogens (tertiary/aromatic N) is 4. The Kier molecular flexibility index (Phi) is 4.36. The third kappa shape index (κ3) is 3.38. The summed E-state index contributed by atoms with van der Waals surface area (Å²) in [5.41, 5.74) is 1.40. The normalized spacial score (nSPS) is 10.7. The fourth-order valence-electron chi connectivity index (χ4n) is 2.07. The highest BCUT2D eigenvalue weighted by Gasteiger charge is 2.13. The monoisotopic (exact) mass is 350 g/mol. The molecule has 0 fully saturated rings. The van der Waals surface area contributed by atoms with Gasteiger partial charge in [-0.15, -0.1) is 0 Å². The molecule has 0 aliphatic heterocycles. The second-order valence-corrected chi connectivity index (χ2v) is 5.48.